The standard InChI is InChI=1S/C5H6O4S/c6-1-4(7)9-5-2-10-3-8-5/h1,5H,2-3H2. The van der Waals surface area contributed by atoms with Crippen LogP contribution in [0.25, 0.3) is 0 Å². The molecule has 4 nitrogen and oxygen atoms in total. The molecule has 1 aliphatic rings. The predicted octanol–water partition coefficient (Wildman–Crippen LogP) is -0.225. The Bertz CT molecular complexity index is 141. The molecular formula is C5H6O4S. The highest BCUT2D eigenvalue weighted by molar-refractivity contribution is 7.99. The first kappa shape index (κ1) is 7.56. The van der Waals surface area contributed by atoms with Crippen molar-refractivity contribution in [2.75, 3.05) is 11.7 Å². The Kier molecular flexibility index (Phi) is 2.70. The number of thioether (sulfide) groups is 1. The molecule has 1 unspecified atom stereocenters. The lowest BCUT2D eigenvalue weighted by molar-refractivity contribution is -0.168. The largest absolute Gasteiger partial charge is 0.429 e. The number of esters is 1. The molecular weight excluding hydrogens is 156 g/mol. The lowest BCUT2D eigenvalue weighted by Gasteiger charge is -2.05. The third-order valence-electron chi connectivity index (χ3n) is 0.935. The predicted molar refractivity (Wildman–Crippen MR) is 34.4 cm³/mol. The van der Waals surface area contributed by atoms with Crippen LogP contribution in [0.5, 0.6) is 0 Å². The second-order valence-electron chi connectivity index (χ2n) is 1.64. The van der Waals surface area contributed by atoms with Gasteiger partial charge in [-0.15, -0.1) is 11.8 Å². The minimum Gasteiger partial charge on any atom is -0.429 e. The molecule has 0 N–H and O–H groups in total. The molecule has 1 saturated heterocycles. The minimum absolute atomic E-state index is 0.131. The maximum Gasteiger partial charge on any atom is 0.373 e. The second-order valence-corrected chi connectivity index (χ2v) is 2.62. The first-order chi connectivity index (χ1) is 4.83. The summed E-state index contributed by atoms with van der Waals surface area (Å²) < 4.78 is 9.40. The fourth-order valence-electron chi connectivity index (χ4n) is 0.542. The molecule has 1 atom stereocenters. The van der Waals surface area contributed by atoms with Crippen LogP contribution >= 0.6 is 11.8 Å². The number of hydrogen-bond donors (Lipinski definition) is 0. The number of rotatable bonds is 2. The smallest absolute Gasteiger partial charge is 0.373 e. The van der Waals surface area contributed by atoms with E-state index in [1.807, 2.05) is 0 Å². The molecule has 0 amide bonds. The van der Waals surface area contributed by atoms with E-state index in [-0.39, 0.29) is 6.29 Å². The van der Waals surface area contributed by atoms with Crippen molar-refractivity contribution in [2.45, 2.75) is 6.29 Å². The number of carbonyl (C=O) groups excluding carboxylic acids is 2. The topological polar surface area (TPSA) is 52.6 Å². The molecule has 1 fully saturated rings. The van der Waals surface area contributed by atoms with Crippen molar-refractivity contribution >= 4 is 24.0 Å². The summed E-state index contributed by atoms with van der Waals surface area (Å²) in [6.45, 7) is 0. The van der Waals surface area contributed by atoms with Gasteiger partial charge in [0.1, 0.15) is 0 Å². The van der Waals surface area contributed by atoms with Crippen LogP contribution in [-0.4, -0.2) is 30.2 Å². The van der Waals surface area contributed by atoms with E-state index >= 15 is 0 Å². The quantitative estimate of drug-likeness (QED) is 0.319. The zero-order chi connectivity index (χ0) is 7.40. The summed E-state index contributed by atoms with van der Waals surface area (Å²) in [5, 5.41) is 0. The molecule has 0 aromatic heterocycles. The number of ether oxygens (including phenoxy) is 2. The fraction of sp³-hybridized carbons (Fsp3) is 0.600. The van der Waals surface area contributed by atoms with E-state index in [4.69, 9.17) is 4.74 Å². The van der Waals surface area contributed by atoms with Gasteiger partial charge in [-0.1, -0.05) is 0 Å². The highest BCUT2D eigenvalue weighted by Gasteiger charge is 2.19. The molecule has 0 radical (unpaired) electrons. The molecule has 0 aromatic rings. The molecule has 1 rings (SSSR count). The maximum absolute atomic E-state index is 10.3. The summed E-state index contributed by atoms with van der Waals surface area (Å²) >= 11 is 1.52. The van der Waals surface area contributed by atoms with E-state index in [9.17, 15) is 9.59 Å². The molecule has 0 saturated carbocycles. The summed E-state index contributed by atoms with van der Waals surface area (Å²) in [5.74, 6) is 0.267. The Morgan fingerprint density at radius 2 is 2.60 bits per heavy atom. The molecule has 10 heavy (non-hydrogen) atoms. The van der Waals surface area contributed by atoms with Gasteiger partial charge in [-0.25, -0.2) is 4.79 Å². The Morgan fingerprint density at radius 3 is 3.10 bits per heavy atom. The van der Waals surface area contributed by atoms with Crippen LogP contribution in [0.15, 0.2) is 0 Å². The minimum atomic E-state index is -0.868. The number of carbonyl (C=O) groups is 2. The van der Waals surface area contributed by atoms with Crippen LogP contribution < -0.4 is 0 Å². The van der Waals surface area contributed by atoms with Gasteiger partial charge in [0.2, 0.25) is 12.6 Å². The van der Waals surface area contributed by atoms with E-state index in [1.54, 1.807) is 0 Å². The highest BCUT2D eigenvalue weighted by atomic mass is 32.2. The van der Waals surface area contributed by atoms with Crippen LogP contribution in [0, 0.1) is 0 Å². The summed E-state index contributed by atoms with van der Waals surface area (Å²) in [6, 6.07) is 0. The van der Waals surface area contributed by atoms with E-state index in [0.717, 1.165) is 0 Å². The number of aldehydes is 1. The van der Waals surface area contributed by atoms with Gasteiger partial charge in [0.05, 0.1) is 11.7 Å². The van der Waals surface area contributed by atoms with Gasteiger partial charge in [-0.2, -0.15) is 0 Å². The van der Waals surface area contributed by atoms with Gasteiger partial charge in [-0.05, 0) is 0 Å². The molecule has 1 heterocycles. The van der Waals surface area contributed by atoms with Crippen molar-refractivity contribution in [3.8, 4) is 0 Å². The molecule has 5 heteroatoms. The lowest BCUT2D eigenvalue weighted by Crippen LogP contribution is -2.19. The highest BCUT2D eigenvalue weighted by Crippen LogP contribution is 2.16. The summed E-state index contributed by atoms with van der Waals surface area (Å²) in [5.41, 5.74) is 0. The molecule has 0 bridgehead atoms. The molecule has 0 aliphatic carbocycles. The van der Waals surface area contributed by atoms with Crippen molar-refractivity contribution in [3.63, 3.8) is 0 Å². The second kappa shape index (κ2) is 3.58. The van der Waals surface area contributed by atoms with Crippen LogP contribution in [0.3, 0.4) is 0 Å². The molecule has 0 aromatic carbocycles. The lowest BCUT2D eigenvalue weighted by atomic mass is 10.7. The Labute approximate surface area is 61.9 Å². The average Bonchev–Trinajstić information content (AvgIpc) is 2.40. The van der Waals surface area contributed by atoms with Gasteiger partial charge in [0.15, 0.2) is 0 Å². The molecule has 56 valence electrons. The third kappa shape index (κ3) is 2.00. The summed E-state index contributed by atoms with van der Waals surface area (Å²) in [7, 11) is 0. The van der Waals surface area contributed by atoms with Crippen molar-refractivity contribution in [3.05, 3.63) is 0 Å². The monoisotopic (exact) mass is 162 g/mol. The summed E-state index contributed by atoms with van der Waals surface area (Å²) in [4.78, 5) is 20.0. The van der Waals surface area contributed by atoms with Gasteiger partial charge < -0.3 is 9.47 Å². The first-order valence-electron chi connectivity index (χ1n) is 2.68. The SMILES string of the molecule is O=CC(=O)OC1CSCO1. The van der Waals surface area contributed by atoms with E-state index in [0.29, 0.717) is 11.7 Å². The van der Waals surface area contributed by atoms with Crippen molar-refractivity contribution in [2.24, 2.45) is 0 Å². The van der Waals surface area contributed by atoms with Gasteiger partial charge in [0.25, 0.3) is 0 Å². The zero-order valence-corrected chi connectivity index (χ0v) is 5.93. The third-order valence-corrected chi connectivity index (χ3v) is 1.75. The van der Waals surface area contributed by atoms with Crippen LogP contribution in [0.4, 0.5) is 0 Å². The number of hydrogen-bond acceptors (Lipinski definition) is 5. The van der Waals surface area contributed by atoms with Gasteiger partial charge >= 0.3 is 5.97 Å². The maximum atomic E-state index is 10.3. The van der Waals surface area contributed by atoms with Crippen molar-refractivity contribution < 1.29 is 19.1 Å². The van der Waals surface area contributed by atoms with E-state index in [2.05, 4.69) is 4.74 Å². The zero-order valence-electron chi connectivity index (χ0n) is 5.11. The average molecular weight is 162 g/mol. The van der Waals surface area contributed by atoms with Gasteiger partial charge in [0, 0.05) is 0 Å². The molecule has 1 aliphatic heterocycles. The van der Waals surface area contributed by atoms with E-state index < -0.39 is 12.3 Å². The fourth-order valence-corrected chi connectivity index (χ4v) is 1.24. The van der Waals surface area contributed by atoms with Crippen molar-refractivity contribution in [1.82, 2.24) is 0 Å². The van der Waals surface area contributed by atoms with Crippen LogP contribution in [0.2, 0.25) is 0 Å². The van der Waals surface area contributed by atoms with E-state index in [1.165, 1.54) is 11.8 Å². The van der Waals surface area contributed by atoms with Crippen LogP contribution in [0.1, 0.15) is 0 Å². The Hall–Kier alpha value is -0.550. The van der Waals surface area contributed by atoms with Crippen LogP contribution in [-0.2, 0) is 19.1 Å². The molecule has 0 spiro atoms. The Morgan fingerprint density at radius 1 is 1.80 bits per heavy atom. The normalized spacial score (nSPS) is 24.2. The van der Waals surface area contributed by atoms with Crippen molar-refractivity contribution in [1.29, 1.82) is 0 Å². The summed E-state index contributed by atoms with van der Waals surface area (Å²) in [6.07, 6.45) is -0.394. The first-order valence-corrected chi connectivity index (χ1v) is 3.83. The van der Waals surface area contributed by atoms with Gasteiger partial charge in [-0.3, -0.25) is 4.79 Å². The Balaban J connectivity index is 2.23.